The lowest BCUT2D eigenvalue weighted by Gasteiger charge is -2.25. The first kappa shape index (κ1) is 30.8. The number of carboxylic acids is 1. The van der Waals surface area contributed by atoms with E-state index in [2.05, 4.69) is 25.9 Å². The van der Waals surface area contributed by atoms with Gasteiger partial charge in [-0.05, 0) is 30.0 Å². The number of aliphatic carboxylic acids is 1. The predicted octanol–water partition coefficient (Wildman–Crippen LogP) is -1.31. The van der Waals surface area contributed by atoms with Crippen molar-refractivity contribution in [1.82, 2.24) is 25.9 Å². The Kier molecular flexibility index (Phi) is 11.4. The van der Waals surface area contributed by atoms with Crippen LogP contribution in [0.3, 0.4) is 0 Å². The minimum absolute atomic E-state index is 0.000220. The molecule has 0 aliphatic rings. The molecule has 0 saturated carbocycles. The van der Waals surface area contributed by atoms with E-state index in [-0.39, 0.29) is 24.5 Å². The Balaban J connectivity index is 2.21. The predicted molar refractivity (Wildman–Crippen MR) is 139 cm³/mol. The molecule has 0 radical (unpaired) electrons. The third-order valence-electron chi connectivity index (χ3n) is 5.70. The minimum atomic E-state index is -1.42. The summed E-state index contributed by atoms with van der Waals surface area (Å²) in [6.45, 7) is 3.73. The molecule has 14 nitrogen and oxygen atoms in total. The maximum atomic E-state index is 13.2. The van der Waals surface area contributed by atoms with Gasteiger partial charge >= 0.3 is 5.97 Å². The van der Waals surface area contributed by atoms with E-state index in [9.17, 15) is 34.2 Å². The molecule has 0 aliphatic heterocycles. The fraction of sp³-hybridized carbons (Fsp3) is 0.440. The number of nitrogens with zero attached hydrogens (tertiary/aromatic N) is 1. The van der Waals surface area contributed by atoms with Crippen LogP contribution >= 0.6 is 0 Å². The SMILES string of the molecule is CC(C)CC(N)C(=O)NC(CC(N)=O)C(=O)NC(Cc1cnc[nH]1)C(=O)NC(Cc1ccc(O)cc1)C(=O)O. The molecule has 0 aliphatic carbocycles. The molecule has 4 unspecified atom stereocenters. The van der Waals surface area contributed by atoms with Gasteiger partial charge in [0, 0.05) is 24.7 Å². The molecule has 39 heavy (non-hydrogen) atoms. The van der Waals surface area contributed by atoms with E-state index in [0.717, 1.165) is 0 Å². The number of aromatic hydroxyl groups is 1. The lowest BCUT2D eigenvalue weighted by atomic mass is 10.0. The molecule has 2 aromatic rings. The van der Waals surface area contributed by atoms with E-state index in [4.69, 9.17) is 11.5 Å². The van der Waals surface area contributed by atoms with Gasteiger partial charge in [-0.2, -0.15) is 0 Å². The Labute approximate surface area is 224 Å². The van der Waals surface area contributed by atoms with Crippen molar-refractivity contribution in [1.29, 1.82) is 0 Å². The monoisotopic (exact) mass is 545 g/mol. The molecule has 1 heterocycles. The van der Waals surface area contributed by atoms with Crippen molar-refractivity contribution in [3.05, 3.63) is 48.0 Å². The molecule has 1 aromatic heterocycles. The zero-order chi connectivity index (χ0) is 29.1. The number of phenolic OH excluding ortho intramolecular Hbond substituents is 1. The second-order valence-electron chi connectivity index (χ2n) is 9.58. The number of nitrogens with one attached hydrogen (secondary N) is 4. The molecule has 212 valence electrons. The van der Waals surface area contributed by atoms with Gasteiger partial charge in [-0.15, -0.1) is 0 Å². The number of primary amides is 1. The average molecular weight is 546 g/mol. The Bertz CT molecular complexity index is 1140. The van der Waals surface area contributed by atoms with Crippen LogP contribution in [0, 0.1) is 5.92 Å². The number of amides is 4. The van der Waals surface area contributed by atoms with Gasteiger partial charge in [-0.3, -0.25) is 19.2 Å². The molecule has 0 spiro atoms. The molecule has 10 N–H and O–H groups in total. The van der Waals surface area contributed by atoms with Crippen molar-refractivity contribution >= 4 is 29.6 Å². The summed E-state index contributed by atoms with van der Waals surface area (Å²) in [6, 6.07) is 0.778. The quantitative estimate of drug-likeness (QED) is 0.132. The topological polar surface area (TPSA) is 243 Å². The van der Waals surface area contributed by atoms with Crippen LogP contribution in [0.25, 0.3) is 0 Å². The van der Waals surface area contributed by atoms with Gasteiger partial charge in [0.2, 0.25) is 23.6 Å². The van der Waals surface area contributed by atoms with E-state index < -0.39 is 60.2 Å². The maximum absolute atomic E-state index is 13.2. The van der Waals surface area contributed by atoms with E-state index in [1.54, 1.807) is 0 Å². The highest BCUT2D eigenvalue weighted by Gasteiger charge is 2.31. The van der Waals surface area contributed by atoms with Crippen LogP contribution < -0.4 is 27.4 Å². The summed E-state index contributed by atoms with van der Waals surface area (Å²) in [5.74, 6) is -4.48. The van der Waals surface area contributed by atoms with Gasteiger partial charge in [0.25, 0.3) is 0 Å². The number of carboxylic acid groups (broad SMARTS) is 1. The van der Waals surface area contributed by atoms with Gasteiger partial charge < -0.3 is 42.6 Å². The number of nitrogens with two attached hydrogens (primary N) is 2. The Morgan fingerprint density at radius 2 is 1.51 bits per heavy atom. The third-order valence-corrected chi connectivity index (χ3v) is 5.70. The second kappa shape index (κ2) is 14.5. The van der Waals surface area contributed by atoms with E-state index in [1.165, 1.54) is 36.8 Å². The van der Waals surface area contributed by atoms with Crippen molar-refractivity contribution in [3.8, 4) is 5.75 Å². The fourth-order valence-electron chi connectivity index (χ4n) is 3.74. The largest absolute Gasteiger partial charge is 0.508 e. The summed E-state index contributed by atoms with van der Waals surface area (Å²) in [5.41, 5.74) is 12.2. The molecule has 4 amide bonds. The lowest BCUT2D eigenvalue weighted by Crippen LogP contribution is -2.58. The lowest BCUT2D eigenvalue weighted by molar-refractivity contribution is -0.142. The molecular weight excluding hydrogens is 510 g/mol. The molecule has 0 saturated heterocycles. The van der Waals surface area contributed by atoms with Crippen molar-refractivity contribution in [3.63, 3.8) is 0 Å². The summed E-state index contributed by atoms with van der Waals surface area (Å²) in [5, 5.41) is 26.4. The smallest absolute Gasteiger partial charge is 0.326 e. The van der Waals surface area contributed by atoms with Gasteiger partial charge in [0.15, 0.2) is 0 Å². The average Bonchev–Trinajstić information content (AvgIpc) is 3.36. The van der Waals surface area contributed by atoms with Gasteiger partial charge in [-0.25, -0.2) is 9.78 Å². The molecule has 14 heteroatoms. The van der Waals surface area contributed by atoms with Crippen LogP contribution in [0.4, 0.5) is 0 Å². The first-order chi connectivity index (χ1) is 18.3. The summed E-state index contributed by atoms with van der Waals surface area (Å²) >= 11 is 0. The van der Waals surface area contributed by atoms with Gasteiger partial charge in [0.1, 0.15) is 23.9 Å². The van der Waals surface area contributed by atoms with Crippen LogP contribution in [0.5, 0.6) is 5.75 Å². The molecule has 4 atom stereocenters. The standard InChI is InChI=1S/C25H35N7O7/c1-13(2)7-17(26)22(35)30-19(10-21(27)34)24(37)31-18(9-15-11-28-12-29-15)23(36)32-20(25(38)39)8-14-3-5-16(33)6-4-14/h3-6,11-13,17-20,33H,7-10,26H2,1-2H3,(H2,27,34)(H,28,29)(H,30,35)(H,31,37)(H,32,36)(H,38,39). The Morgan fingerprint density at radius 1 is 0.923 bits per heavy atom. The Morgan fingerprint density at radius 3 is 2.05 bits per heavy atom. The molecule has 1 aromatic carbocycles. The van der Waals surface area contributed by atoms with Crippen molar-refractivity contribution in [2.75, 3.05) is 0 Å². The number of H-pyrrole nitrogens is 1. The van der Waals surface area contributed by atoms with E-state index in [1.807, 2.05) is 13.8 Å². The number of carbonyl (C=O) groups is 5. The minimum Gasteiger partial charge on any atom is -0.508 e. The van der Waals surface area contributed by atoms with Gasteiger partial charge in [0.05, 0.1) is 18.8 Å². The first-order valence-corrected chi connectivity index (χ1v) is 12.3. The maximum Gasteiger partial charge on any atom is 0.326 e. The number of aromatic nitrogens is 2. The number of aromatic amines is 1. The number of hydrogen-bond acceptors (Lipinski definition) is 8. The zero-order valence-corrected chi connectivity index (χ0v) is 21.7. The summed E-state index contributed by atoms with van der Waals surface area (Å²) < 4.78 is 0. The first-order valence-electron chi connectivity index (χ1n) is 12.3. The van der Waals surface area contributed by atoms with Gasteiger partial charge in [-0.1, -0.05) is 26.0 Å². The summed E-state index contributed by atoms with van der Waals surface area (Å²) in [7, 11) is 0. The fourth-order valence-corrected chi connectivity index (χ4v) is 3.74. The van der Waals surface area contributed by atoms with E-state index in [0.29, 0.717) is 17.7 Å². The highest BCUT2D eigenvalue weighted by Crippen LogP contribution is 2.12. The normalized spacial score (nSPS) is 14.1. The van der Waals surface area contributed by atoms with Crippen LogP contribution in [-0.2, 0) is 36.8 Å². The zero-order valence-electron chi connectivity index (χ0n) is 21.7. The van der Waals surface area contributed by atoms with Crippen molar-refractivity contribution in [2.45, 2.75) is 63.7 Å². The number of phenols is 1. The number of rotatable bonds is 15. The number of carbonyl (C=O) groups excluding carboxylic acids is 4. The van der Waals surface area contributed by atoms with Crippen molar-refractivity contribution < 1.29 is 34.2 Å². The highest BCUT2D eigenvalue weighted by atomic mass is 16.4. The summed E-state index contributed by atoms with van der Waals surface area (Å²) in [6.07, 6.45) is 2.37. The Hall–Kier alpha value is -4.46. The van der Waals surface area contributed by atoms with Crippen LogP contribution in [0.2, 0.25) is 0 Å². The number of benzene rings is 1. The van der Waals surface area contributed by atoms with Crippen LogP contribution in [0.15, 0.2) is 36.8 Å². The summed E-state index contributed by atoms with van der Waals surface area (Å²) in [4.78, 5) is 69.0. The molecule has 2 rings (SSSR count). The number of imidazole rings is 1. The number of hydrogen-bond donors (Lipinski definition) is 8. The van der Waals surface area contributed by atoms with E-state index >= 15 is 0 Å². The molecule has 0 bridgehead atoms. The molecular formula is C25H35N7O7. The second-order valence-corrected chi connectivity index (χ2v) is 9.58. The molecule has 0 fully saturated rings. The van der Waals surface area contributed by atoms with Crippen LogP contribution in [0.1, 0.15) is 37.9 Å². The third kappa shape index (κ3) is 10.4. The van der Waals surface area contributed by atoms with Crippen LogP contribution in [-0.4, -0.2) is 73.9 Å². The highest BCUT2D eigenvalue weighted by molar-refractivity contribution is 5.96. The van der Waals surface area contributed by atoms with Crippen molar-refractivity contribution in [2.24, 2.45) is 17.4 Å².